The number of rotatable bonds is 7. The fourth-order valence-electron chi connectivity index (χ4n) is 1.81. The van der Waals surface area contributed by atoms with Crippen molar-refractivity contribution >= 4 is 5.97 Å². The van der Waals surface area contributed by atoms with Gasteiger partial charge in [-0.25, -0.2) is 0 Å². The highest BCUT2D eigenvalue weighted by Gasteiger charge is 2.14. The lowest BCUT2D eigenvalue weighted by Gasteiger charge is -2.14. The average molecular weight is 267 g/mol. The molecule has 0 amide bonds. The second kappa shape index (κ2) is 7.63. The van der Waals surface area contributed by atoms with Gasteiger partial charge < -0.3 is 19.9 Å². The van der Waals surface area contributed by atoms with Crippen LogP contribution in [0.5, 0.6) is 11.5 Å². The highest BCUT2D eigenvalue weighted by molar-refractivity contribution is 5.70. The molecule has 1 rings (SSSR count). The van der Waals surface area contributed by atoms with E-state index >= 15 is 0 Å². The molecule has 2 N–H and O–H groups in total. The molecule has 0 heterocycles. The lowest BCUT2D eigenvalue weighted by atomic mass is 10.0. The summed E-state index contributed by atoms with van der Waals surface area (Å²) >= 11 is 0. The third-order valence-corrected chi connectivity index (χ3v) is 2.71. The van der Waals surface area contributed by atoms with Crippen LogP contribution in [0.15, 0.2) is 18.2 Å². The van der Waals surface area contributed by atoms with E-state index in [-0.39, 0.29) is 18.4 Å². The van der Waals surface area contributed by atoms with Gasteiger partial charge in [-0.05, 0) is 25.0 Å². The van der Waals surface area contributed by atoms with Gasteiger partial charge in [0.15, 0.2) is 0 Å². The summed E-state index contributed by atoms with van der Waals surface area (Å²) in [7, 11) is 3.19. The van der Waals surface area contributed by atoms with Gasteiger partial charge in [0.1, 0.15) is 11.5 Å². The fourth-order valence-corrected chi connectivity index (χ4v) is 1.81. The number of carbonyl (C=O) groups is 1. The highest BCUT2D eigenvalue weighted by atomic mass is 16.5. The second-order valence-electron chi connectivity index (χ2n) is 4.15. The summed E-state index contributed by atoms with van der Waals surface area (Å²) in [6, 6.07) is 5.24. The van der Waals surface area contributed by atoms with Crippen molar-refractivity contribution in [3.8, 4) is 11.5 Å². The van der Waals surface area contributed by atoms with E-state index in [1.807, 2.05) is 12.1 Å². The minimum Gasteiger partial charge on any atom is -0.497 e. The van der Waals surface area contributed by atoms with Crippen LogP contribution in [-0.4, -0.2) is 32.8 Å². The lowest BCUT2D eigenvalue weighted by Crippen LogP contribution is -2.27. The molecule has 0 saturated carbocycles. The van der Waals surface area contributed by atoms with Crippen molar-refractivity contribution in [2.75, 3.05) is 20.8 Å². The van der Waals surface area contributed by atoms with Gasteiger partial charge in [-0.3, -0.25) is 4.79 Å². The average Bonchev–Trinajstić information content (AvgIpc) is 2.39. The Balaban J connectivity index is 2.68. The molecule has 5 heteroatoms. The number of esters is 1. The van der Waals surface area contributed by atoms with Gasteiger partial charge in [0, 0.05) is 12.1 Å². The van der Waals surface area contributed by atoms with E-state index in [1.54, 1.807) is 27.2 Å². The van der Waals surface area contributed by atoms with Crippen molar-refractivity contribution in [3.05, 3.63) is 23.8 Å². The van der Waals surface area contributed by atoms with Crippen LogP contribution in [0.1, 0.15) is 18.9 Å². The number of methoxy groups -OCH3 is 2. The van der Waals surface area contributed by atoms with Crippen LogP contribution in [0.4, 0.5) is 0 Å². The first-order valence-electron chi connectivity index (χ1n) is 6.22. The molecule has 106 valence electrons. The first kappa shape index (κ1) is 15.3. The van der Waals surface area contributed by atoms with Gasteiger partial charge in [-0.2, -0.15) is 0 Å². The summed E-state index contributed by atoms with van der Waals surface area (Å²) in [5.41, 5.74) is 6.89. The molecule has 0 aromatic heterocycles. The number of hydrogen-bond donors (Lipinski definition) is 1. The molecule has 0 spiro atoms. The van der Waals surface area contributed by atoms with Crippen LogP contribution in [0.3, 0.4) is 0 Å². The Kier molecular flexibility index (Phi) is 6.15. The van der Waals surface area contributed by atoms with E-state index in [2.05, 4.69) is 0 Å². The maximum Gasteiger partial charge on any atom is 0.307 e. The molecule has 1 aromatic rings. The molecule has 0 radical (unpaired) electrons. The summed E-state index contributed by atoms with van der Waals surface area (Å²) < 4.78 is 15.3. The van der Waals surface area contributed by atoms with E-state index in [1.165, 1.54) is 0 Å². The van der Waals surface area contributed by atoms with Crippen LogP contribution in [0.2, 0.25) is 0 Å². The first-order valence-corrected chi connectivity index (χ1v) is 6.22. The van der Waals surface area contributed by atoms with E-state index in [4.69, 9.17) is 19.9 Å². The second-order valence-corrected chi connectivity index (χ2v) is 4.15. The third-order valence-electron chi connectivity index (χ3n) is 2.71. The number of carbonyl (C=O) groups excluding carboxylic acids is 1. The van der Waals surface area contributed by atoms with Crippen molar-refractivity contribution in [3.63, 3.8) is 0 Å². The van der Waals surface area contributed by atoms with Gasteiger partial charge >= 0.3 is 5.97 Å². The van der Waals surface area contributed by atoms with Crippen LogP contribution in [-0.2, 0) is 16.0 Å². The minimum atomic E-state index is -0.290. The summed E-state index contributed by atoms with van der Waals surface area (Å²) in [6.07, 6.45) is 0.745. The Morgan fingerprint density at radius 1 is 1.32 bits per heavy atom. The van der Waals surface area contributed by atoms with E-state index in [9.17, 15) is 4.79 Å². The summed E-state index contributed by atoms with van der Waals surface area (Å²) in [5, 5.41) is 0. The van der Waals surface area contributed by atoms with Crippen molar-refractivity contribution in [1.29, 1.82) is 0 Å². The van der Waals surface area contributed by atoms with Crippen LogP contribution < -0.4 is 15.2 Å². The maximum absolute atomic E-state index is 11.3. The molecule has 0 saturated heterocycles. The van der Waals surface area contributed by atoms with Crippen molar-refractivity contribution in [1.82, 2.24) is 0 Å². The number of nitrogens with two attached hydrogens (primary N) is 1. The molecule has 1 unspecified atom stereocenters. The quantitative estimate of drug-likeness (QED) is 0.758. The smallest absolute Gasteiger partial charge is 0.307 e. The Hall–Kier alpha value is -1.75. The fraction of sp³-hybridized carbons (Fsp3) is 0.500. The van der Waals surface area contributed by atoms with Gasteiger partial charge in [-0.1, -0.05) is 6.07 Å². The Morgan fingerprint density at radius 3 is 2.63 bits per heavy atom. The predicted octanol–water partition coefficient (Wildman–Crippen LogP) is 1.53. The Labute approximate surface area is 113 Å². The molecular weight excluding hydrogens is 246 g/mol. The molecular formula is C14H21NO4. The number of benzene rings is 1. The Morgan fingerprint density at radius 2 is 2.05 bits per heavy atom. The molecule has 0 aliphatic carbocycles. The van der Waals surface area contributed by atoms with Crippen LogP contribution in [0.25, 0.3) is 0 Å². The van der Waals surface area contributed by atoms with Crippen molar-refractivity contribution < 1.29 is 19.0 Å². The zero-order valence-electron chi connectivity index (χ0n) is 11.6. The highest BCUT2D eigenvalue weighted by Crippen LogP contribution is 2.25. The molecule has 1 atom stereocenters. The number of hydrogen-bond acceptors (Lipinski definition) is 5. The van der Waals surface area contributed by atoms with E-state index in [0.29, 0.717) is 18.8 Å². The van der Waals surface area contributed by atoms with Crippen molar-refractivity contribution in [2.24, 2.45) is 5.73 Å². The van der Waals surface area contributed by atoms with Gasteiger partial charge in [0.2, 0.25) is 0 Å². The molecule has 0 fully saturated rings. The third kappa shape index (κ3) is 4.79. The molecule has 19 heavy (non-hydrogen) atoms. The molecule has 5 nitrogen and oxygen atoms in total. The van der Waals surface area contributed by atoms with Gasteiger partial charge in [0.05, 0.1) is 27.2 Å². The summed E-state index contributed by atoms with van der Waals surface area (Å²) in [4.78, 5) is 11.3. The van der Waals surface area contributed by atoms with Crippen LogP contribution >= 0.6 is 0 Å². The van der Waals surface area contributed by atoms with Crippen molar-refractivity contribution in [2.45, 2.75) is 25.8 Å². The van der Waals surface area contributed by atoms with E-state index in [0.717, 1.165) is 11.3 Å². The predicted molar refractivity (Wildman–Crippen MR) is 72.5 cm³/mol. The molecule has 0 aliphatic heterocycles. The largest absolute Gasteiger partial charge is 0.497 e. The maximum atomic E-state index is 11.3. The minimum absolute atomic E-state index is 0.197. The number of ether oxygens (including phenoxy) is 3. The van der Waals surface area contributed by atoms with E-state index < -0.39 is 0 Å². The summed E-state index contributed by atoms with van der Waals surface area (Å²) in [6.45, 7) is 2.15. The molecule has 0 aliphatic rings. The molecule has 1 aromatic carbocycles. The summed E-state index contributed by atoms with van der Waals surface area (Å²) in [5.74, 6) is 1.15. The monoisotopic (exact) mass is 267 g/mol. The van der Waals surface area contributed by atoms with Gasteiger partial charge in [0.25, 0.3) is 0 Å². The lowest BCUT2D eigenvalue weighted by molar-refractivity contribution is -0.143. The SMILES string of the molecule is CCOC(=O)CC(N)Cc1ccc(OC)cc1OC. The molecule has 0 bridgehead atoms. The standard InChI is InChI=1S/C14H21NO4/c1-4-19-14(16)8-11(15)7-10-5-6-12(17-2)9-13(10)18-3/h5-6,9,11H,4,7-8,15H2,1-3H3. The van der Waals surface area contributed by atoms with Gasteiger partial charge in [-0.15, -0.1) is 0 Å². The zero-order valence-corrected chi connectivity index (χ0v) is 11.6. The topological polar surface area (TPSA) is 70.8 Å². The Bertz CT molecular complexity index is 420. The first-order chi connectivity index (χ1) is 9.10. The van der Waals surface area contributed by atoms with Crippen LogP contribution in [0, 0.1) is 0 Å². The zero-order chi connectivity index (χ0) is 14.3. The normalized spacial score (nSPS) is 11.8.